The van der Waals surface area contributed by atoms with E-state index in [4.69, 9.17) is 13.3 Å². The topological polar surface area (TPSA) is 82.9 Å². The summed E-state index contributed by atoms with van der Waals surface area (Å²) in [5.74, 6) is 0. The van der Waals surface area contributed by atoms with Crippen LogP contribution in [0.1, 0.15) is 27.2 Å². The highest BCUT2D eigenvalue weighted by atomic mass is 28.4. The summed E-state index contributed by atoms with van der Waals surface area (Å²) in [7, 11) is -2.61. The van der Waals surface area contributed by atoms with Crippen molar-refractivity contribution in [2.45, 2.75) is 33.2 Å². The number of benzene rings is 1. The summed E-state index contributed by atoms with van der Waals surface area (Å²) < 4.78 is 17.4. The van der Waals surface area contributed by atoms with Gasteiger partial charge in [-0.2, -0.15) is 0 Å². The predicted molar refractivity (Wildman–Crippen MR) is 91.6 cm³/mol. The number of nitrogens with one attached hydrogen (secondary N) is 1. The van der Waals surface area contributed by atoms with Gasteiger partial charge in [0.25, 0.3) is 5.69 Å². The highest BCUT2D eigenvalue weighted by Crippen LogP contribution is 2.20. The number of rotatable bonds is 12. The molecule has 0 spiro atoms. The maximum absolute atomic E-state index is 10.8. The van der Waals surface area contributed by atoms with Gasteiger partial charge in [0, 0.05) is 50.2 Å². The largest absolute Gasteiger partial charge is 0.500 e. The molecule has 0 unspecified atom stereocenters. The zero-order chi connectivity index (χ0) is 17.1. The second-order valence-corrected chi connectivity index (χ2v) is 7.55. The molecule has 7 nitrogen and oxygen atoms in total. The van der Waals surface area contributed by atoms with Crippen LogP contribution in [0.5, 0.6) is 0 Å². The van der Waals surface area contributed by atoms with Gasteiger partial charge in [-0.15, -0.1) is 0 Å². The number of hydrogen-bond acceptors (Lipinski definition) is 6. The minimum absolute atomic E-state index is 0.0803. The monoisotopic (exact) mass is 342 g/mol. The Morgan fingerprint density at radius 1 is 1.13 bits per heavy atom. The molecule has 0 aliphatic heterocycles. The van der Waals surface area contributed by atoms with Gasteiger partial charge in [-0.25, -0.2) is 0 Å². The molecule has 0 saturated carbocycles. The van der Waals surface area contributed by atoms with Crippen molar-refractivity contribution >= 4 is 20.2 Å². The van der Waals surface area contributed by atoms with E-state index in [9.17, 15) is 10.1 Å². The SMILES string of the molecule is CCO[Si](CCCNc1cccc([N+](=O)[O-])c1)(OCC)OCC. The zero-order valence-corrected chi connectivity index (χ0v) is 15.0. The first-order valence-electron chi connectivity index (χ1n) is 7.97. The van der Waals surface area contributed by atoms with Crippen molar-refractivity contribution in [2.75, 3.05) is 31.7 Å². The van der Waals surface area contributed by atoms with Crippen LogP contribution in [0.4, 0.5) is 11.4 Å². The first-order chi connectivity index (χ1) is 11.1. The van der Waals surface area contributed by atoms with Crippen LogP contribution in [0.15, 0.2) is 24.3 Å². The lowest BCUT2D eigenvalue weighted by Crippen LogP contribution is -2.46. The van der Waals surface area contributed by atoms with E-state index in [2.05, 4.69) is 5.32 Å². The summed E-state index contributed by atoms with van der Waals surface area (Å²) in [6.07, 6.45) is 0.801. The average molecular weight is 342 g/mol. The van der Waals surface area contributed by atoms with Crippen LogP contribution in [-0.2, 0) is 13.3 Å². The molecular formula is C15H26N2O5Si. The van der Waals surface area contributed by atoms with E-state index in [0.717, 1.165) is 12.1 Å². The number of non-ortho nitro benzene ring substituents is 1. The molecule has 130 valence electrons. The molecule has 0 saturated heterocycles. The Labute approximate surface area is 138 Å². The van der Waals surface area contributed by atoms with E-state index in [1.54, 1.807) is 6.07 Å². The summed E-state index contributed by atoms with van der Waals surface area (Å²) >= 11 is 0. The summed E-state index contributed by atoms with van der Waals surface area (Å²) in [6, 6.07) is 7.19. The second-order valence-electron chi connectivity index (χ2n) is 4.82. The first-order valence-corrected chi connectivity index (χ1v) is 9.90. The minimum atomic E-state index is -2.61. The summed E-state index contributed by atoms with van der Waals surface area (Å²) in [5, 5.41) is 14.0. The van der Waals surface area contributed by atoms with Gasteiger partial charge in [-0.05, 0) is 33.3 Å². The summed E-state index contributed by atoms with van der Waals surface area (Å²) in [4.78, 5) is 10.4. The predicted octanol–water partition coefficient (Wildman–Crippen LogP) is 3.45. The molecule has 0 aliphatic carbocycles. The lowest BCUT2D eigenvalue weighted by molar-refractivity contribution is -0.384. The molecule has 23 heavy (non-hydrogen) atoms. The summed E-state index contributed by atoms with van der Waals surface area (Å²) in [6.45, 7) is 8.14. The van der Waals surface area contributed by atoms with Crippen molar-refractivity contribution in [1.82, 2.24) is 0 Å². The van der Waals surface area contributed by atoms with Crippen molar-refractivity contribution in [2.24, 2.45) is 0 Å². The average Bonchev–Trinajstić information content (AvgIpc) is 2.53. The van der Waals surface area contributed by atoms with Gasteiger partial charge in [0.2, 0.25) is 0 Å². The molecule has 0 fully saturated rings. The van der Waals surface area contributed by atoms with Gasteiger partial charge >= 0.3 is 8.80 Å². The molecule has 0 bridgehead atoms. The smallest absolute Gasteiger partial charge is 0.385 e. The Morgan fingerprint density at radius 3 is 2.26 bits per heavy atom. The van der Waals surface area contributed by atoms with Crippen molar-refractivity contribution in [3.63, 3.8) is 0 Å². The van der Waals surface area contributed by atoms with E-state index in [1.165, 1.54) is 12.1 Å². The zero-order valence-electron chi connectivity index (χ0n) is 14.0. The van der Waals surface area contributed by atoms with Crippen LogP contribution in [0.25, 0.3) is 0 Å². The molecule has 0 amide bonds. The van der Waals surface area contributed by atoms with Crippen LogP contribution in [0, 0.1) is 10.1 Å². The van der Waals surface area contributed by atoms with Gasteiger partial charge in [-0.3, -0.25) is 10.1 Å². The van der Waals surface area contributed by atoms with Gasteiger partial charge in [0.05, 0.1) is 4.92 Å². The lowest BCUT2D eigenvalue weighted by Gasteiger charge is -2.28. The highest BCUT2D eigenvalue weighted by Gasteiger charge is 2.39. The second kappa shape index (κ2) is 10.3. The molecule has 8 heteroatoms. The summed E-state index contributed by atoms with van der Waals surface area (Å²) in [5.41, 5.74) is 0.812. The number of nitrogens with zero attached hydrogens (tertiary/aromatic N) is 1. The van der Waals surface area contributed by atoms with E-state index in [1.807, 2.05) is 26.8 Å². The van der Waals surface area contributed by atoms with E-state index >= 15 is 0 Å². The molecule has 0 aliphatic rings. The lowest BCUT2D eigenvalue weighted by atomic mass is 10.3. The van der Waals surface area contributed by atoms with Crippen LogP contribution in [0.2, 0.25) is 6.04 Å². The van der Waals surface area contributed by atoms with Gasteiger partial charge in [0.1, 0.15) is 0 Å². The maximum Gasteiger partial charge on any atom is 0.500 e. The molecular weight excluding hydrogens is 316 g/mol. The normalized spacial score (nSPS) is 11.4. The molecule has 1 aromatic carbocycles. The molecule has 0 aromatic heterocycles. The Balaban J connectivity index is 2.52. The number of nitro benzene ring substituents is 1. The molecule has 1 rings (SSSR count). The molecule has 1 aromatic rings. The molecule has 1 N–H and O–H groups in total. The first kappa shape index (κ1) is 19.6. The number of nitro groups is 1. The Bertz CT molecular complexity index is 470. The number of anilines is 1. The fraction of sp³-hybridized carbons (Fsp3) is 0.600. The fourth-order valence-corrected chi connectivity index (χ4v) is 4.88. The highest BCUT2D eigenvalue weighted by molar-refractivity contribution is 6.60. The quantitative estimate of drug-likeness (QED) is 0.271. The maximum atomic E-state index is 10.8. The van der Waals surface area contributed by atoms with Gasteiger partial charge < -0.3 is 18.6 Å². The fourth-order valence-electron chi connectivity index (χ4n) is 2.27. The number of hydrogen-bond donors (Lipinski definition) is 1. The molecule has 0 radical (unpaired) electrons. The van der Waals surface area contributed by atoms with E-state index in [-0.39, 0.29) is 5.69 Å². The van der Waals surface area contributed by atoms with Gasteiger partial charge in [0.15, 0.2) is 0 Å². The molecule has 0 atom stereocenters. The van der Waals surface area contributed by atoms with Crippen LogP contribution < -0.4 is 5.32 Å². The Morgan fingerprint density at radius 2 is 1.74 bits per heavy atom. The van der Waals surface area contributed by atoms with Crippen LogP contribution >= 0.6 is 0 Å². The van der Waals surface area contributed by atoms with Crippen LogP contribution in [-0.4, -0.2) is 40.1 Å². The van der Waals surface area contributed by atoms with Crippen LogP contribution in [0.3, 0.4) is 0 Å². The molecule has 0 heterocycles. The van der Waals surface area contributed by atoms with Crippen molar-refractivity contribution in [1.29, 1.82) is 0 Å². The van der Waals surface area contributed by atoms with E-state index in [0.29, 0.717) is 32.4 Å². The third kappa shape index (κ3) is 6.65. The van der Waals surface area contributed by atoms with Crippen molar-refractivity contribution in [3.05, 3.63) is 34.4 Å². The van der Waals surface area contributed by atoms with E-state index < -0.39 is 13.7 Å². The third-order valence-corrected chi connectivity index (χ3v) is 6.29. The van der Waals surface area contributed by atoms with Crippen molar-refractivity contribution in [3.8, 4) is 0 Å². The minimum Gasteiger partial charge on any atom is -0.385 e. The Kier molecular flexibility index (Phi) is 8.78. The van der Waals surface area contributed by atoms with Gasteiger partial charge in [-0.1, -0.05) is 6.07 Å². The Hall–Kier alpha value is -1.48. The van der Waals surface area contributed by atoms with Crippen molar-refractivity contribution < 1.29 is 18.2 Å². The third-order valence-electron chi connectivity index (χ3n) is 3.14. The standard InChI is InChI=1S/C15H26N2O5Si/c1-4-20-23(21-5-2,22-6-3)12-8-11-16-14-9-7-10-15(13-14)17(18)19/h7,9-10,13,16H,4-6,8,11-12H2,1-3H3.